The Balaban J connectivity index is 1.69. The highest BCUT2D eigenvalue weighted by Gasteiger charge is 2.31. The summed E-state index contributed by atoms with van der Waals surface area (Å²) in [4.78, 5) is 28.3. The van der Waals surface area contributed by atoms with Crippen LogP contribution in [0.25, 0.3) is 0 Å². The van der Waals surface area contributed by atoms with Crippen molar-refractivity contribution >= 4 is 28.3 Å². The number of rotatable bonds is 7. The largest absolute Gasteiger partial charge is 0.507 e. The molecule has 1 aromatic carbocycles. The van der Waals surface area contributed by atoms with Gasteiger partial charge in [-0.25, -0.2) is 9.78 Å². The molecule has 0 saturated carbocycles. The van der Waals surface area contributed by atoms with Crippen LogP contribution < -0.4 is 10.1 Å². The molecule has 154 valence electrons. The van der Waals surface area contributed by atoms with Gasteiger partial charge >= 0.3 is 5.97 Å². The highest BCUT2D eigenvalue weighted by molar-refractivity contribution is 7.13. The molecule has 8 heteroatoms. The predicted molar refractivity (Wildman–Crippen MR) is 111 cm³/mol. The van der Waals surface area contributed by atoms with Crippen molar-refractivity contribution in [1.82, 2.24) is 4.98 Å². The van der Waals surface area contributed by atoms with Crippen molar-refractivity contribution in [2.75, 3.05) is 12.4 Å². The summed E-state index contributed by atoms with van der Waals surface area (Å²) in [7, 11) is 1.54. The molecule has 2 heterocycles. The second kappa shape index (κ2) is 8.65. The molecule has 0 spiro atoms. The summed E-state index contributed by atoms with van der Waals surface area (Å²) < 4.78 is 10.6. The zero-order valence-electron chi connectivity index (χ0n) is 16.9. The van der Waals surface area contributed by atoms with Gasteiger partial charge in [0.05, 0.1) is 12.8 Å². The van der Waals surface area contributed by atoms with Gasteiger partial charge in [0.2, 0.25) is 5.91 Å². The Bertz CT molecular complexity index is 993. The number of aromatic hydroxyl groups is 1. The lowest BCUT2D eigenvalue weighted by molar-refractivity contribution is -0.116. The zero-order chi connectivity index (χ0) is 21.1. The van der Waals surface area contributed by atoms with Crippen LogP contribution in [0.15, 0.2) is 17.0 Å². The van der Waals surface area contributed by atoms with Crippen molar-refractivity contribution in [3.63, 3.8) is 0 Å². The Morgan fingerprint density at radius 2 is 2.17 bits per heavy atom. The molecular weight excluding hydrogens is 392 g/mol. The summed E-state index contributed by atoms with van der Waals surface area (Å²) in [5, 5.41) is 15.9. The number of phenols is 1. The number of hydrogen-bond donors (Lipinski definition) is 2. The third kappa shape index (κ3) is 4.42. The molecule has 0 bridgehead atoms. The standard InChI is InChI=1S/C21H24N2O5S/c1-11(6-8-16(24)23-21-22-12(2)10-29-21)5-7-14-18(25)17-15(9-28-20(17)26)13(3)19(14)27-4/h5,10,25H,6-9H2,1-4H3,(H,22,23,24). The lowest BCUT2D eigenvalue weighted by Gasteiger charge is -2.15. The van der Waals surface area contributed by atoms with Crippen LogP contribution in [0, 0.1) is 13.8 Å². The Morgan fingerprint density at radius 1 is 1.41 bits per heavy atom. The van der Waals surface area contributed by atoms with E-state index in [9.17, 15) is 14.7 Å². The van der Waals surface area contributed by atoms with Crippen molar-refractivity contribution in [2.45, 2.75) is 46.6 Å². The zero-order valence-corrected chi connectivity index (χ0v) is 17.7. The fourth-order valence-corrected chi connectivity index (χ4v) is 4.01. The van der Waals surface area contributed by atoms with E-state index < -0.39 is 5.97 Å². The maximum atomic E-state index is 12.1. The van der Waals surface area contributed by atoms with E-state index in [1.807, 2.05) is 32.2 Å². The minimum absolute atomic E-state index is 0.0918. The molecule has 2 N–H and O–H groups in total. The topological polar surface area (TPSA) is 97.8 Å². The molecule has 0 saturated heterocycles. The van der Waals surface area contributed by atoms with Crippen LogP contribution in [0.3, 0.4) is 0 Å². The molecule has 1 aliphatic rings. The lowest BCUT2D eigenvalue weighted by atomic mass is 9.94. The van der Waals surface area contributed by atoms with Gasteiger partial charge in [-0.05, 0) is 39.2 Å². The second-order valence-electron chi connectivity index (χ2n) is 7.01. The molecule has 2 aromatic rings. The van der Waals surface area contributed by atoms with Crippen molar-refractivity contribution in [1.29, 1.82) is 0 Å². The minimum Gasteiger partial charge on any atom is -0.507 e. The summed E-state index contributed by atoms with van der Waals surface area (Å²) in [6.45, 7) is 5.80. The number of anilines is 1. The number of phenolic OH excluding ortho intramolecular Hbond substituents is 1. The normalized spacial score (nSPS) is 13.2. The van der Waals surface area contributed by atoms with Crippen LogP contribution in [0.4, 0.5) is 5.13 Å². The molecular formula is C21H24N2O5S. The van der Waals surface area contributed by atoms with Gasteiger partial charge in [-0.1, -0.05) is 11.6 Å². The molecule has 0 fully saturated rings. The van der Waals surface area contributed by atoms with Gasteiger partial charge in [-0.3, -0.25) is 4.79 Å². The number of nitrogens with one attached hydrogen (secondary N) is 1. The number of allylic oxidation sites excluding steroid dienone is 2. The summed E-state index contributed by atoms with van der Waals surface area (Å²) >= 11 is 1.40. The average Bonchev–Trinajstić information content (AvgIpc) is 3.27. The van der Waals surface area contributed by atoms with Crippen LogP contribution in [0.1, 0.15) is 52.5 Å². The number of benzene rings is 1. The Hall–Kier alpha value is -2.87. The fourth-order valence-electron chi connectivity index (χ4n) is 3.31. The number of hydrogen-bond acceptors (Lipinski definition) is 7. The van der Waals surface area contributed by atoms with Crippen molar-refractivity contribution < 1.29 is 24.2 Å². The van der Waals surface area contributed by atoms with E-state index in [1.54, 1.807) is 0 Å². The first-order valence-corrected chi connectivity index (χ1v) is 10.2. The van der Waals surface area contributed by atoms with Crippen LogP contribution in [0.5, 0.6) is 11.5 Å². The molecule has 0 unspecified atom stereocenters. The number of methoxy groups -OCH3 is 1. The van der Waals surface area contributed by atoms with Gasteiger partial charge in [-0.15, -0.1) is 11.3 Å². The number of nitrogens with zero attached hydrogens (tertiary/aromatic N) is 1. The maximum Gasteiger partial charge on any atom is 0.342 e. The van der Waals surface area contributed by atoms with Gasteiger partial charge in [-0.2, -0.15) is 0 Å². The van der Waals surface area contributed by atoms with E-state index >= 15 is 0 Å². The van der Waals surface area contributed by atoms with Crippen molar-refractivity contribution in [3.05, 3.63) is 45.0 Å². The molecule has 29 heavy (non-hydrogen) atoms. The van der Waals surface area contributed by atoms with E-state index in [1.165, 1.54) is 18.4 Å². The van der Waals surface area contributed by atoms with Gasteiger partial charge < -0.3 is 19.9 Å². The number of thiazole rings is 1. The molecule has 1 amide bonds. The lowest BCUT2D eigenvalue weighted by Crippen LogP contribution is -2.11. The molecule has 0 atom stereocenters. The molecule has 0 radical (unpaired) electrons. The van der Waals surface area contributed by atoms with Gasteiger partial charge in [0.15, 0.2) is 5.13 Å². The van der Waals surface area contributed by atoms with E-state index in [2.05, 4.69) is 10.3 Å². The van der Waals surface area contributed by atoms with E-state index in [0.717, 1.165) is 16.8 Å². The number of carbonyl (C=O) groups excluding carboxylic acids is 2. The monoisotopic (exact) mass is 416 g/mol. The first-order valence-electron chi connectivity index (χ1n) is 9.27. The maximum absolute atomic E-state index is 12.1. The van der Waals surface area contributed by atoms with E-state index in [0.29, 0.717) is 41.3 Å². The molecule has 7 nitrogen and oxygen atoms in total. The first-order chi connectivity index (χ1) is 13.8. The highest BCUT2D eigenvalue weighted by Crippen LogP contribution is 2.42. The summed E-state index contributed by atoms with van der Waals surface area (Å²) in [6, 6.07) is 0. The average molecular weight is 416 g/mol. The number of esters is 1. The smallest absolute Gasteiger partial charge is 0.342 e. The number of cyclic esters (lactones) is 1. The van der Waals surface area contributed by atoms with Crippen molar-refractivity contribution in [2.24, 2.45) is 0 Å². The quantitative estimate of drug-likeness (QED) is 0.522. The summed E-state index contributed by atoms with van der Waals surface area (Å²) in [6.07, 6.45) is 3.23. The summed E-state index contributed by atoms with van der Waals surface area (Å²) in [5.74, 6) is -0.144. The summed E-state index contributed by atoms with van der Waals surface area (Å²) in [5.41, 5.74) is 4.11. The van der Waals surface area contributed by atoms with Crippen LogP contribution in [-0.4, -0.2) is 29.1 Å². The van der Waals surface area contributed by atoms with Gasteiger partial charge in [0, 0.05) is 22.9 Å². The number of carbonyl (C=O) groups is 2. The molecule has 3 rings (SSSR count). The molecule has 1 aliphatic heterocycles. The fraction of sp³-hybridized carbons (Fsp3) is 0.381. The van der Waals surface area contributed by atoms with Gasteiger partial charge in [0.25, 0.3) is 0 Å². The highest BCUT2D eigenvalue weighted by atomic mass is 32.1. The number of amides is 1. The number of ether oxygens (including phenoxy) is 2. The Kier molecular flexibility index (Phi) is 6.22. The second-order valence-corrected chi connectivity index (χ2v) is 7.87. The minimum atomic E-state index is -0.515. The van der Waals surface area contributed by atoms with Crippen LogP contribution in [0.2, 0.25) is 0 Å². The predicted octanol–water partition coefficient (Wildman–Crippen LogP) is 4.05. The van der Waals surface area contributed by atoms with Crippen LogP contribution >= 0.6 is 11.3 Å². The third-order valence-corrected chi connectivity index (χ3v) is 5.79. The van der Waals surface area contributed by atoms with Crippen LogP contribution in [-0.2, 0) is 22.6 Å². The Labute approximate surface area is 173 Å². The number of aromatic nitrogens is 1. The number of aryl methyl sites for hydroxylation is 1. The first kappa shape index (κ1) is 20.9. The molecule has 0 aliphatic carbocycles. The third-order valence-electron chi connectivity index (χ3n) is 4.91. The number of fused-ring (bicyclic) bond motifs is 1. The van der Waals surface area contributed by atoms with Gasteiger partial charge in [0.1, 0.15) is 23.7 Å². The van der Waals surface area contributed by atoms with Crippen molar-refractivity contribution in [3.8, 4) is 11.5 Å². The van der Waals surface area contributed by atoms with E-state index in [-0.39, 0.29) is 23.8 Å². The SMILES string of the molecule is COc1c(C)c2c(c(O)c1CC=C(C)CCC(=O)Nc1nc(C)cs1)C(=O)OC2. The molecule has 1 aromatic heterocycles. The Morgan fingerprint density at radius 3 is 2.83 bits per heavy atom. The van der Waals surface area contributed by atoms with E-state index in [4.69, 9.17) is 9.47 Å².